The van der Waals surface area contributed by atoms with Gasteiger partial charge in [0.25, 0.3) is 0 Å². The molecule has 1 aromatic rings. The fourth-order valence-electron chi connectivity index (χ4n) is 8.64. The van der Waals surface area contributed by atoms with Gasteiger partial charge in [0, 0.05) is 47.6 Å². The first kappa shape index (κ1) is 30.4. The SMILES string of the molecule is CC(C)(C)NC(=O)C1(C2CCCCC2)CC2CCC(C1)N2C(=O)C1CCN(C(C)(C)C)CC1c1ccc(F)cc1F. The van der Waals surface area contributed by atoms with Crippen LogP contribution in [0.5, 0.6) is 0 Å². The smallest absolute Gasteiger partial charge is 0.227 e. The summed E-state index contributed by atoms with van der Waals surface area (Å²) < 4.78 is 29.1. The maximum absolute atomic E-state index is 15.2. The zero-order valence-electron chi connectivity index (χ0n) is 26.1. The Morgan fingerprint density at radius 2 is 1.54 bits per heavy atom. The molecule has 1 saturated carbocycles. The largest absolute Gasteiger partial charge is 0.351 e. The van der Waals surface area contributed by atoms with E-state index in [2.05, 4.69) is 35.9 Å². The highest BCUT2D eigenvalue weighted by atomic mass is 19.1. The van der Waals surface area contributed by atoms with Crippen LogP contribution in [0.1, 0.15) is 117 Å². The number of nitrogens with zero attached hydrogens (tertiary/aromatic N) is 2. The van der Waals surface area contributed by atoms with E-state index in [1.165, 1.54) is 31.4 Å². The zero-order chi connectivity index (χ0) is 29.7. The van der Waals surface area contributed by atoms with Crippen LogP contribution in [0.15, 0.2) is 18.2 Å². The highest BCUT2D eigenvalue weighted by molar-refractivity contribution is 5.86. The molecule has 5 nitrogen and oxygen atoms in total. The van der Waals surface area contributed by atoms with Gasteiger partial charge < -0.3 is 10.2 Å². The lowest BCUT2D eigenvalue weighted by Gasteiger charge is -2.52. The molecule has 3 aliphatic heterocycles. The van der Waals surface area contributed by atoms with Gasteiger partial charge in [0.1, 0.15) is 11.6 Å². The number of rotatable bonds is 4. The first-order valence-electron chi connectivity index (χ1n) is 16.0. The summed E-state index contributed by atoms with van der Waals surface area (Å²) >= 11 is 0. The van der Waals surface area contributed by atoms with E-state index in [0.717, 1.165) is 51.1 Å². The van der Waals surface area contributed by atoms with E-state index in [4.69, 9.17) is 0 Å². The summed E-state index contributed by atoms with van der Waals surface area (Å²) in [5, 5.41) is 3.34. The topological polar surface area (TPSA) is 52.7 Å². The molecule has 0 radical (unpaired) electrons. The molecule has 1 N–H and O–H groups in total. The number of fused-ring (bicyclic) bond motifs is 2. The molecule has 1 aromatic carbocycles. The molecule has 0 aromatic heterocycles. The highest BCUT2D eigenvalue weighted by Crippen LogP contribution is 2.54. The van der Waals surface area contributed by atoms with Gasteiger partial charge in [-0.05, 0) is 111 Å². The van der Waals surface area contributed by atoms with Crippen LogP contribution in [0.2, 0.25) is 0 Å². The van der Waals surface area contributed by atoms with Crippen molar-refractivity contribution in [3.05, 3.63) is 35.4 Å². The van der Waals surface area contributed by atoms with Crippen LogP contribution in [-0.4, -0.2) is 57.9 Å². The van der Waals surface area contributed by atoms with E-state index < -0.39 is 17.0 Å². The van der Waals surface area contributed by atoms with Gasteiger partial charge in [0.05, 0.1) is 5.41 Å². The molecule has 4 aliphatic rings. The molecule has 1 aliphatic carbocycles. The van der Waals surface area contributed by atoms with Crippen LogP contribution in [0.4, 0.5) is 8.78 Å². The summed E-state index contributed by atoms with van der Waals surface area (Å²) in [7, 11) is 0. The molecule has 41 heavy (non-hydrogen) atoms. The maximum atomic E-state index is 15.2. The summed E-state index contributed by atoms with van der Waals surface area (Å²) in [5.41, 5.74) is -0.427. The lowest BCUT2D eigenvalue weighted by Crippen LogP contribution is -2.61. The number of halogens is 2. The average Bonchev–Trinajstić information content (AvgIpc) is 3.16. The second-order valence-electron chi connectivity index (χ2n) is 15.5. The normalized spacial score (nSPS) is 31.8. The second-order valence-corrected chi connectivity index (χ2v) is 15.5. The molecular weight excluding hydrogens is 520 g/mol. The Morgan fingerprint density at radius 3 is 2.10 bits per heavy atom. The van der Waals surface area contributed by atoms with Gasteiger partial charge >= 0.3 is 0 Å². The predicted octanol–water partition coefficient (Wildman–Crippen LogP) is 6.80. The van der Waals surface area contributed by atoms with Crippen molar-refractivity contribution in [3.8, 4) is 0 Å². The lowest BCUT2D eigenvalue weighted by atomic mass is 9.61. The van der Waals surface area contributed by atoms with Crippen molar-refractivity contribution in [1.29, 1.82) is 0 Å². The number of hydrogen-bond donors (Lipinski definition) is 1. The second kappa shape index (κ2) is 11.2. The monoisotopic (exact) mass is 571 g/mol. The number of nitrogens with one attached hydrogen (secondary N) is 1. The van der Waals surface area contributed by atoms with E-state index in [1.807, 2.05) is 20.8 Å². The van der Waals surface area contributed by atoms with E-state index in [1.54, 1.807) is 0 Å². The molecule has 5 rings (SSSR count). The first-order chi connectivity index (χ1) is 19.2. The molecule has 3 heterocycles. The van der Waals surface area contributed by atoms with E-state index in [0.29, 0.717) is 24.4 Å². The fraction of sp³-hybridized carbons (Fsp3) is 0.765. The molecule has 4 atom stereocenters. The summed E-state index contributed by atoms with van der Waals surface area (Å²) in [4.78, 5) is 33.0. The molecule has 0 spiro atoms. The average molecular weight is 572 g/mol. The molecule has 7 heteroatoms. The Balaban J connectivity index is 1.44. The van der Waals surface area contributed by atoms with Crippen molar-refractivity contribution in [2.24, 2.45) is 17.3 Å². The summed E-state index contributed by atoms with van der Waals surface area (Å²) in [5.74, 6) is -1.24. The Kier molecular flexibility index (Phi) is 8.34. The quantitative estimate of drug-likeness (QED) is 0.432. The molecule has 228 valence electrons. The van der Waals surface area contributed by atoms with Crippen molar-refractivity contribution < 1.29 is 18.4 Å². The van der Waals surface area contributed by atoms with Gasteiger partial charge in [-0.25, -0.2) is 8.78 Å². The Bertz CT molecular complexity index is 1120. The lowest BCUT2D eigenvalue weighted by molar-refractivity contribution is -0.155. The van der Waals surface area contributed by atoms with Gasteiger partial charge in [-0.15, -0.1) is 0 Å². The fourth-order valence-corrected chi connectivity index (χ4v) is 8.64. The highest BCUT2D eigenvalue weighted by Gasteiger charge is 2.58. The minimum absolute atomic E-state index is 0.0354. The summed E-state index contributed by atoms with van der Waals surface area (Å²) in [6, 6.07) is 3.87. The summed E-state index contributed by atoms with van der Waals surface area (Å²) in [6.45, 7) is 13.9. The Morgan fingerprint density at radius 1 is 0.902 bits per heavy atom. The number of amides is 2. The van der Waals surface area contributed by atoms with E-state index in [9.17, 15) is 14.0 Å². The van der Waals surface area contributed by atoms with Gasteiger partial charge in [-0.3, -0.25) is 14.5 Å². The van der Waals surface area contributed by atoms with Crippen LogP contribution in [0.3, 0.4) is 0 Å². The van der Waals surface area contributed by atoms with E-state index >= 15 is 4.39 Å². The van der Waals surface area contributed by atoms with Gasteiger partial charge in [-0.2, -0.15) is 0 Å². The predicted molar refractivity (Wildman–Crippen MR) is 158 cm³/mol. The van der Waals surface area contributed by atoms with Crippen LogP contribution >= 0.6 is 0 Å². The van der Waals surface area contributed by atoms with Crippen LogP contribution in [0, 0.1) is 28.9 Å². The van der Waals surface area contributed by atoms with Crippen molar-refractivity contribution in [3.63, 3.8) is 0 Å². The minimum atomic E-state index is -0.598. The van der Waals surface area contributed by atoms with Crippen molar-refractivity contribution in [2.75, 3.05) is 13.1 Å². The maximum Gasteiger partial charge on any atom is 0.227 e. The van der Waals surface area contributed by atoms with Crippen LogP contribution in [0.25, 0.3) is 0 Å². The third-order valence-corrected chi connectivity index (χ3v) is 10.6. The number of likely N-dealkylation sites (tertiary alicyclic amines) is 1. The molecule has 4 fully saturated rings. The van der Waals surface area contributed by atoms with Crippen molar-refractivity contribution in [2.45, 2.75) is 135 Å². The number of carbonyl (C=O) groups excluding carboxylic acids is 2. The van der Waals surface area contributed by atoms with Gasteiger partial charge in [-0.1, -0.05) is 25.3 Å². The van der Waals surface area contributed by atoms with Crippen LogP contribution in [-0.2, 0) is 9.59 Å². The number of benzene rings is 1. The zero-order valence-corrected chi connectivity index (χ0v) is 26.1. The minimum Gasteiger partial charge on any atom is -0.351 e. The third-order valence-electron chi connectivity index (χ3n) is 10.6. The number of carbonyl (C=O) groups is 2. The Hall–Kier alpha value is -2.02. The van der Waals surface area contributed by atoms with Crippen molar-refractivity contribution in [1.82, 2.24) is 15.1 Å². The molecule has 2 amide bonds. The van der Waals surface area contributed by atoms with E-state index in [-0.39, 0.29) is 46.8 Å². The third kappa shape index (κ3) is 6.07. The number of hydrogen-bond acceptors (Lipinski definition) is 3. The molecular formula is C34H51F2N3O2. The molecule has 3 saturated heterocycles. The molecule has 4 unspecified atom stereocenters. The Labute approximate surface area is 245 Å². The number of piperidine rings is 2. The summed E-state index contributed by atoms with van der Waals surface area (Å²) in [6.07, 6.45) is 9.68. The van der Waals surface area contributed by atoms with Gasteiger partial charge in [0.15, 0.2) is 0 Å². The van der Waals surface area contributed by atoms with Crippen LogP contribution < -0.4 is 5.32 Å². The standard InChI is InChI=1S/C34H51F2N3O2/c1-32(2,3)37-31(41)34(22-10-8-7-9-11-22)19-24-13-14-25(20-34)39(24)30(40)27-16-17-38(33(4,5)6)21-28(27)26-15-12-23(35)18-29(26)36/h12,15,18,22,24-25,27-28H,7-11,13-14,16-17,19-21H2,1-6H3,(H,37,41). The first-order valence-corrected chi connectivity index (χ1v) is 16.0. The van der Waals surface area contributed by atoms with Crippen molar-refractivity contribution >= 4 is 11.8 Å². The molecule has 2 bridgehead atoms. The van der Waals surface area contributed by atoms with Gasteiger partial charge in [0.2, 0.25) is 11.8 Å².